The van der Waals surface area contributed by atoms with Gasteiger partial charge in [-0.1, -0.05) is 41.1 Å². The van der Waals surface area contributed by atoms with Crippen LogP contribution in [0.15, 0.2) is 102 Å². The van der Waals surface area contributed by atoms with Crippen LogP contribution in [0.3, 0.4) is 0 Å². The maximum Gasteiger partial charge on any atom is 0.416 e. The third kappa shape index (κ3) is 7.57. The Labute approximate surface area is 297 Å². The van der Waals surface area contributed by atoms with Gasteiger partial charge in [0.2, 0.25) is 5.13 Å². The Morgan fingerprint density at radius 3 is 2.24 bits per heavy atom. The fourth-order valence-electron chi connectivity index (χ4n) is 5.02. The first-order chi connectivity index (χ1) is 24.4. The molecule has 0 aliphatic carbocycles. The molecule has 17 heteroatoms. The summed E-state index contributed by atoms with van der Waals surface area (Å²) in [4.78, 5) is -0.751. The zero-order chi connectivity index (χ0) is 36.3. The number of hydrogen-bond donors (Lipinski definition) is 0. The van der Waals surface area contributed by atoms with Gasteiger partial charge < -0.3 is 14.2 Å². The first kappa shape index (κ1) is 35.5. The van der Waals surface area contributed by atoms with E-state index in [4.69, 9.17) is 25.8 Å². The van der Waals surface area contributed by atoms with Crippen LogP contribution < -0.4 is 18.5 Å². The van der Waals surface area contributed by atoms with E-state index in [1.165, 1.54) is 50.3 Å². The molecule has 4 aromatic carbocycles. The summed E-state index contributed by atoms with van der Waals surface area (Å²) in [7, 11) is -1.76. The molecule has 2 aromatic heterocycles. The van der Waals surface area contributed by atoms with Gasteiger partial charge in [-0.3, -0.25) is 0 Å². The monoisotopic (exact) mass is 757 g/mol. The standard InChI is InChI=1S/C34H24ClF4N5O5S2/c1-47-25-9-5-23(30(14-25)48-2)18-44(33-43-42-19-50-33)51(45,46)32-15-27(35)31(16-28(32)36)49-29-10-6-21(13-26(29)22-11-12-40-41-17-22)20-3-7-24(8-4-20)34(37,38)39/h3-17,19H,18H2,1-2H3. The first-order valence-corrected chi connectivity index (χ1v) is 17.3. The average molecular weight is 758 g/mol. The zero-order valence-electron chi connectivity index (χ0n) is 26.4. The Morgan fingerprint density at radius 1 is 0.824 bits per heavy atom. The molecular weight excluding hydrogens is 734 g/mol. The molecule has 0 saturated carbocycles. The summed E-state index contributed by atoms with van der Waals surface area (Å²) >= 11 is 7.49. The number of rotatable bonds is 11. The highest BCUT2D eigenvalue weighted by Gasteiger charge is 2.33. The molecule has 6 rings (SSSR count). The van der Waals surface area contributed by atoms with Crippen LogP contribution in [0.1, 0.15) is 11.1 Å². The molecule has 0 spiro atoms. The van der Waals surface area contributed by atoms with Crippen molar-refractivity contribution in [3.63, 3.8) is 0 Å². The highest BCUT2D eigenvalue weighted by atomic mass is 35.5. The SMILES string of the molecule is COc1ccc(CN(c2nncs2)S(=O)(=O)c2cc(Cl)c(Oc3ccc(-c4ccc(C(F)(F)F)cc4)cc3-c3ccnnc3)cc2F)c(OC)c1. The van der Waals surface area contributed by atoms with E-state index in [1.807, 2.05) is 0 Å². The maximum absolute atomic E-state index is 15.9. The molecule has 0 aliphatic rings. The second-order valence-corrected chi connectivity index (χ2v) is 13.7. The Hall–Kier alpha value is -5.32. The molecule has 0 radical (unpaired) electrons. The van der Waals surface area contributed by atoms with Gasteiger partial charge in [0.25, 0.3) is 10.0 Å². The number of ether oxygens (including phenoxy) is 3. The lowest BCUT2D eigenvalue weighted by atomic mass is 9.98. The largest absolute Gasteiger partial charge is 0.497 e. The quantitative estimate of drug-likeness (QED) is 0.120. The van der Waals surface area contributed by atoms with E-state index in [0.717, 1.165) is 39.9 Å². The van der Waals surface area contributed by atoms with Gasteiger partial charge in [-0.25, -0.2) is 17.1 Å². The van der Waals surface area contributed by atoms with E-state index in [0.29, 0.717) is 39.3 Å². The molecule has 262 valence electrons. The molecule has 0 amide bonds. The number of nitrogens with zero attached hydrogens (tertiary/aromatic N) is 5. The van der Waals surface area contributed by atoms with Crippen molar-refractivity contribution in [2.75, 3.05) is 18.5 Å². The highest BCUT2D eigenvalue weighted by molar-refractivity contribution is 7.93. The smallest absolute Gasteiger partial charge is 0.416 e. The normalized spacial score (nSPS) is 11.7. The number of benzene rings is 4. The number of anilines is 1. The number of halogens is 5. The Morgan fingerprint density at radius 2 is 1.59 bits per heavy atom. The van der Waals surface area contributed by atoms with E-state index in [9.17, 15) is 21.6 Å². The second kappa shape index (κ2) is 14.5. The van der Waals surface area contributed by atoms with Crippen molar-refractivity contribution in [2.45, 2.75) is 17.6 Å². The Kier molecular flexibility index (Phi) is 10.1. The van der Waals surface area contributed by atoms with Gasteiger partial charge in [-0.05, 0) is 59.7 Å². The van der Waals surface area contributed by atoms with Gasteiger partial charge in [0.05, 0.1) is 43.7 Å². The molecule has 51 heavy (non-hydrogen) atoms. The Balaban J connectivity index is 1.36. The van der Waals surface area contributed by atoms with Gasteiger partial charge in [-0.2, -0.15) is 23.4 Å². The molecule has 0 bridgehead atoms. The van der Waals surface area contributed by atoms with E-state index < -0.39 is 32.5 Å². The number of hydrogen-bond acceptors (Lipinski definition) is 10. The zero-order valence-corrected chi connectivity index (χ0v) is 28.8. The number of aromatic nitrogens is 4. The van der Waals surface area contributed by atoms with E-state index in [-0.39, 0.29) is 28.2 Å². The fourth-order valence-corrected chi connectivity index (χ4v) is 7.53. The molecule has 0 fully saturated rings. The molecule has 2 heterocycles. The van der Waals surface area contributed by atoms with Crippen LogP contribution in [0.2, 0.25) is 5.02 Å². The average Bonchev–Trinajstić information content (AvgIpc) is 3.66. The third-order valence-electron chi connectivity index (χ3n) is 7.56. The van der Waals surface area contributed by atoms with E-state index >= 15 is 4.39 Å². The van der Waals surface area contributed by atoms with Crippen molar-refractivity contribution in [1.29, 1.82) is 0 Å². The minimum Gasteiger partial charge on any atom is -0.497 e. The van der Waals surface area contributed by atoms with Crippen LogP contribution in [-0.4, -0.2) is 43.0 Å². The number of sulfonamides is 1. The maximum atomic E-state index is 15.9. The predicted molar refractivity (Wildman–Crippen MR) is 182 cm³/mol. The predicted octanol–water partition coefficient (Wildman–Crippen LogP) is 8.68. The van der Waals surface area contributed by atoms with Gasteiger partial charge >= 0.3 is 6.18 Å². The van der Waals surface area contributed by atoms with Crippen LogP contribution in [0.25, 0.3) is 22.3 Å². The van der Waals surface area contributed by atoms with Crippen LogP contribution in [0, 0.1) is 5.82 Å². The van der Waals surface area contributed by atoms with Crippen molar-refractivity contribution < 1.29 is 40.2 Å². The minimum atomic E-state index is -4.65. The number of methoxy groups -OCH3 is 2. The van der Waals surface area contributed by atoms with Crippen molar-refractivity contribution >= 4 is 38.1 Å². The summed E-state index contributed by atoms with van der Waals surface area (Å²) < 4.78 is 101. The van der Waals surface area contributed by atoms with Crippen LogP contribution in [0.4, 0.5) is 22.7 Å². The van der Waals surface area contributed by atoms with Crippen LogP contribution >= 0.6 is 22.9 Å². The molecular formula is C34H24ClF4N5O5S2. The number of alkyl halides is 3. The molecule has 0 N–H and O–H groups in total. The molecule has 0 saturated heterocycles. The van der Waals surface area contributed by atoms with Gasteiger partial charge in [0, 0.05) is 28.8 Å². The Bertz CT molecular complexity index is 2280. The topological polar surface area (TPSA) is 117 Å². The molecule has 0 unspecified atom stereocenters. The molecule has 6 aromatic rings. The van der Waals surface area contributed by atoms with E-state index in [2.05, 4.69) is 20.4 Å². The van der Waals surface area contributed by atoms with Gasteiger partial charge in [0.1, 0.15) is 39.2 Å². The van der Waals surface area contributed by atoms with Crippen molar-refractivity contribution in [1.82, 2.24) is 20.4 Å². The molecule has 0 atom stereocenters. The summed E-state index contributed by atoms with van der Waals surface area (Å²) in [5.74, 6) is -0.410. The highest BCUT2D eigenvalue weighted by Crippen LogP contribution is 2.41. The van der Waals surface area contributed by atoms with Crippen molar-refractivity contribution in [2.24, 2.45) is 0 Å². The van der Waals surface area contributed by atoms with Crippen molar-refractivity contribution in [3.05, 3.63) is 119 Å². The summed E-state index contributed by atoms with van der Waals surface area (Å²) in [6, 6.07) is 17.7. The van der Waals surface area contributed by atoms with Gasteiger partial charge in [0.15, 0.2) is 0 Å². The minimum absolute atomic E-state index is 0.0348. The van der Waals surface area contributed by atoms with Crippen LogP contribution in [-0.2, 0) is 22.7 Å². The third-order valence-corrected chi connectivity index (χ3v) is 10.4. The summed E-state index contributed by atoms with van der Waals surface area (Å²) in [6.07, 6.45) is -1.62. The second-order valence-electron chi connectivity index (χ2n) is 10.6. The van der Waals surface area contributed by atoms with Crippen LogP contribution in [0.5, 0.6) is 23.0 Å². The summed E-state index contributed by atoms with van der Waals surface area (Å²) in [6.45, 7) is -0.297. The first-order valence-electron chi connectivity index (χ1n) is 14.6. The molecule has 10 nitrogen and oxygen atoms in total. The van der Waals surface area contributed by atoms with Gasteiger partial charge in [-0.15, -0.1) is 10.2 Å². The molecule has 0 aliphatic heterocycles. The van der Waals surface area contributed by atoms with E-state index in [1.54, 1.807) is 36.4 Å². The summed E-state index contributed by atoms with van der Waals surface area (Å²) in [5, 5.41) is 15.1. The lowest BCUT2D eigenvalue weighted by Crippen LogP contribution is -2.31. The lowest BCUT2D eigenvalue weighted by Gasteiger charge is -2.23. The fraction of sp³-hybridized carbons (Fsp3) is 0.118. The summed E-state index contributed by atoms with van der Waals surface area (Å²) in [5.41, 5.74) is 2.95. The lowest BCUT2D eigenvalue weighted by molar-refractivity contribution is -0.137. The van der Waals surface area contributed by atoms with Crippen molar-refractivity contribution in [3.8, 4) is 45.3 Å².